The number of methoxy groups -OCH3 is 1. The third-order valence-corrected chi connectivity index (χ3v) is 4.10. The zero-order valence-corrected chi connectivity index (χ0v) is 13.0. The van der Waals surface area contributed by atoms with Crippen molar-refractivity contribution >= 4 is 0 Å². The number of nitrogens with one attached hydrogen (secondary N) is 1. The highest BCUT2D eigenvalue weighted by Crippen LogP contribution is 2.34. The van der Waals surface area contributed by atoms with Crippen LogP contribution in [-0.2, 0) is 0 Å². The molecule has 0 saturated heterocycles. The van der Waals surface area contributed by atoms with E-state index >= 15 is 0 Å². The highest BCUT2D eigenvalue weighted by molar-refractivity contribution is 5.64. The third kappa shape index (κ3) is 3.21. The predicted molar refractivity (Wildman–Crippen MR) is 86.6 cm³/mol. The van der Waals surface area contributed by atoms with Gasteiger partial charge in [0.25, 0.3) is 5.56 Å². The fraction of sp³-hybridized carbons (Fsp3) is 0.333. The van der Waals surface area contributed by atoms with Crippen molar-refractivity contribution < 1.29 is 9.47 Å². The molecule has 23 heavy (non-hydrogen) atoms. The Hall–Kier alpha value is -2.74. The third-order valence-electron chi connectivity index (χ3n) is 4.10. The summed E-state index contributed by atoms with van der Waals surface area (Å²) in [4.78, 5) is 14.5. The first-order valence-electron chi connectivity index (χ1n) is 7.70. The number of H-pyrrole nitrogens is 1. The van der Waals surface area contributed by atoms with E-state index < -0.39 is 0 Å². The lowest BCUT2D eigenvalue weighted by Gasteiger charge is -2.17. The minimum Gasteiger partial charge on any atom is -0.493 e. The normalized spacial score (nSPS) is 14.4. The number of hydrogen-bond donors (Lipinski definition) is 1. The molecule has 3 rings (SSSR count). The highest BCUT2D eigenvalue weighted by Gasteiger charge is 2.19. The number of aromatic amines is 1. The van der Waals surface area contributed by atoms with Gasteiger partial charge in [0.15, 0.2) is 11.5 Å². The zero-order chi connectivity index (χ0) is 16.2. The Morgan fingerprint density at radius 1 is 1.17 bits per heavy atom. The van der Waals surface area contributed by atoms with Gasteiger partial charge in [-0.15, -0.1) is 0 Å². The van der Waals surface area contributed by atoms with Crippen LogP contribution in [0.2, 0.25) is 0 Å². The number of ether oxygens (including phenoxy) is 2. The van der Waals surface area contributed by atoms with Crippen LogP contribution in [0.25, 0.3) is 11.3 Å². The van der Waals surface area contributed by atoms with Gasteiger partial charge in [0, 0.05) is 11.3 Å². The van der Waals surface area contributed by atoms with Crippen LogP contribution >= 0.6 is 0 Å². The van der Waals surface area contributed by atoms with Crippen LogP contribution in [0, 0.1) is 11.3 Å². The molecule has 5 nitrogen and oxygen atoms in total. The fourth-order valence-corrected chi connectivity index (χ4v) is 2.85. The molecule has 1 fully saturated rings. The minimum atomic E-state index is -0.390. The van der Waals surface area contributed by atoms with Crippen molar-refractivity contribution in [1.82, 2.24) is 4.98 Å². The second-order valence-corrected chi connectivity index (χ2v) is 5.62. The smallest absolute Gasteiger partial charge is 0.266 e. The van der Waals surface area contributed by atoms with Gasteiger partial charge < -0.3 is 14.5 Å². The van der Waals surface area contributed by atoms with Gasteiger partial charge in [0.1, 0.15) is 11.6 Å². The van der Waals surface area contributed by atoms with Crippen molar-refractivity contribution in [2.75, 3.05) is 7.11 Å². The summed E-state index contributed by atoms with van der Waals surface area (Å²) in [6.45, 7) is 0. The molecule has 0 amide bonds. The second-order valence-electron chi connectivity index (χ2n) is 5.62. The van der Waals surface area contributed by atoms with Crippen molar-refractivity contribution in [3.05, 3.63) is 46.2 Å². The quantitative estimate of drug-likeness (QED) is 0.940. The number of pyridine rings is 1. The summed E-state index contributed by atoms with van der Waals surface area (Å²) in [7, 11) is 1.61. The summed E-state index contributed by atoms with van der Waals surface area (Å²) in [6.07, 6.45) is 4.71. The fourth-order valence-electron chi connectivity index (χ4n) is 2.85. The first kappa shape index (κ1) is 15.2. The number of aromatic nitrogens is 1. The van der Waals surface area contributed by atoms with E-state index in [2.05, 4.69) is 4.98 Å². The van der Waals surface area contributed by atoms with Gasteiger partial charge in [0.2, 0.25) is 0 Å². The largest absolute Gasteiger partial charge is 0.493 e. The van der Waals surface area contributed by atoms with E-state index in [9.17, 15) is 4.79 Å². The predicted octanol–water partition coefficient (Wildman–Crippen LogP) is 3.24. The molecule has 1 aliphatic rings. The van der Waals surface area contributed by atoms with Crippen LogP contribution < -0.4 is 15.0 Å². The first-order chi connectivity index (χ1) is 11.2. The Bertz CT molecular complexity index is 799. The van der Waals surface area contributed by atoms with Crippen LogP contribution in [0.15, 0.2) is 35.1 Å². The van der Waals surface area contributed by atoms with Crippen LogP contribution in [0.4, 0.5) is 0 Å². The number of hydrogen-bond acceptors (Lipinski definition) is 4. The minimum absolute atomic E-state index is 0.102. The molecule has 2 aromatic rings. The molecule has 0 spiro atoms. The summed E-state index contributed by atoms with van der Waals surface area (Å²) >= 11 is 0. The lowest BCUT2D eigenvalue weighted by Crippen LogP contribution is -2.12. The molecule has 0 unspecified atom stereocenters. The molecule has 0 radical (unpaired) electrons. The standard InChI is InChI=1S/C18H18N2O3/c1-22-16-9-7-12(10-17(16)23-14-4-2-3-5-14)15-8-6-13(11-19)18(21)20-15/h6-10,14H,2-5H2,1H3,(H,20,21). The van der Waals surface area contributed by atoms with Crippen molar-refractivity contribution in [3.63, 3.8) is 0 Å². The van der Waals surface area contributed by atoms with E-state index in [1.54, 1.807) is 13.2 Å². The van der Waals surface area contributed by atoms with Gasteiger partial charge >= 0.3 is 0 Å². The maximum absolute atomic E-state index is 11.8. The SMILES string of the molecule is COc1ccc(-c2ccc(C#N)c(=O)[nH]2)cc1OC1CCCC1. The van der Waals surface area contributed by atoms with E-state index in [4.69, 9.17) is 14.7 Å². The van der Waals surface area contributed by atoms with Gasteiger partial charge in [0.05, 0.1) is 13.2 Å². The molecule has 1 N–H and O–H groups in total. The summed E-state index contributed by atoms with van der Waals surface area (Å²) in [5.41, 5.74) is 1.18. The molecule has 0 atom stereocenters. The number of nitrogens with zero attached hydrogens (tertiary/aromatic N) is 1. The monoisotopic (exact) mass is 310 g/mol. The number of benzene rings is 1. The maximum atomic E-state index is 11.8. The average Bonchev–Trinajstić information content (AvgIpc) is 3.07. The van der Waals surface area contributed by atoms with Gasteiger partial charge in [-0.1, -0.05) is 0 Å². The van der Waals surface area contributed by atoms with Crippen molar-refractivity contribution in [2.24, 2.45) is 0 Å². The first-order valence-corrected chi connectivity index (χ1v) is 7.70. The molecule has 1 aliphatic carbocycles. The Labute approximate surface area is 134 Å². The summed E-state index contributed by atoms with van der Waals surface area (Å²) in [6, 6.07) is 10.7. The zero-order valence-electron chi connectivity index (χ0n) is 13.0. The van der Waals surface area contributed by atoms with Crippen molar-refractivity contribution in [2.45, 2.75) is 31.8 Å². The Morgan fingerprint density at radius 3 is 2.61 bits per heavy atom. The molecule has 118 valence electrons. The average molecular weight is 310 g/mol. The number of rotatable bonds is 4. The van der Waals surface area contributed by atoms with Gasteiger partial charge in [-0.2, -0.15) is 5.26 Å². The van der Waals surface area contributed by atoms with Crippen LogP contribution in [0.3, 0.4) is 0 Å². The Kier molecular flexibility index (Phi) is 4.33. The maximum Gasteiger partial charge on any atom is 0.266 e. The summed E-state index contributed by atoms with van der Waals surface area (Å²) in [5, 5.41) is 8.85. The molecule has 1 aromatic heterocycles. The molecular weight excluding hydrogens is 292 g/mol. The van der Waals surface area contributed by atoms with E-state index in [-0.39, 0.29) is 17.2 Å². The van der Waals surface area contributed by atoms with Crippen LogP contribution in [0.5, 0.6) is 11.5 Å². The number of nitriles is 1. The molecule has 0 aliphatic heterocycles. The van der Waals surface area contributed by atoms with E-state index in [1.165, 1.54) is 18.9 Å². The summed E-state index contributed by atoms with van der Waals surface area (Å²) in [5.74, 6) is 1.36. The second kappa shape index (κ2) is 6.57. The van der Waals surface area contributed by atoms with Gasteiger partial charge in [-0.05, 0) is 56.0 Å². The summed E-state index contributed by atoms with van der Waals surface area (Å²) < 4.78 is 11.4. The molecule has 1 saturated carbocycles. The lowest BCUT2D eigenvalue weighted by molar-refractivity contribution is 0.201. The Morgan fingerprint density at radius 2 is 1.96 bits per heavy atom. The lowest BCUT2D eigenvalue weighted by atomic mass is 10.1. The molecule has 1 heterocycles. The van der Waals surface area contributed by atoms with E-state index in [1.807, 2.05) is 24.3 Å². The molecule has 1 aromatic carbocycles. The Balaban J connectivity index is 1.95. The molecular formula is C18H18N2O3. The molecule has 0 bridgehead atoms. The topological polar surface area (TPSA) is 75.1 Å². The molecule has 5 heteroatoms. The van der Waals surface area contributed by atoms with Crippen LogP contribution in [-0.4, -0.2) is 18.2 Å². The van der Waals surface area contributed by atoms with Crippen molar-refractivity contribution in [3.8, 4) is 28.8 Å². The van der Waals surface area contributed by atoms with Crippen LogP contribution in [0.1, 0.15) is 31.2 Å². The highest BCUT2D eigenvalue weighted by atomic mass is 16.5. The van der Waals surface area contributed by atoms with Crippen molar-refractivity contribution in [1.29, 1.82) is 5.26 Å². The van der Waals surface area contributed by atoms with E-state index in [0.717, 1.165) is 18.4 Å². The van der Waals surface area contributed by atoms with Gasteiger partial charge in [-0.25, -0.2) is 0 Å². The van der Waals surface area contributed by atoms with Gasteiger partial charge in [-0.3, -0.25) is 4.79 Å². The van der Waals surface area contributed by atoms with E-state index in [0.29, 0.717) is 17.2 Å².